The number of thioether (sulfide) groups is 1. The Morgan fingerprint density at radius 1 is 1.19 bits per heavy atom. The smallest absolute Gasteiger partial charge is 0.264 e. The Morgan fingerprint density at radius 3 is 2.54 bits per heavy atom. The number of primary amides is 1. The topological polar surface area (TPSA) is 93.8 Å². The molecule has 3 N–H and O–H groups in total. The van der Waals surface area contributed by atoms with Gasteiger partial charge in [-0.2, -0.15) is 0 Å². The van der Waals surface area contributed by atoms with Gasteiger partial charge in [0.2, 0.25) is 0 Å². The third-order valence-corrected chi connectivity index (χ3v) is 4.38. The summed E-state index contributed by atoms with van der Waals surface area (Å²) in [6.07, 6.45) is 1.77. The first-order valence-electron chi connectivity index (χ1n) is 7.87. The molecule has 1 heterocycles. The van der Waals surface area contributed by atoms with E-state index >= 15 is 0 Å². The molecule has 1 fully saturated rings. The Balaban J connectivity index is 1.70. The summed E-state index contributed by atoms with van der Waals surface area (Å²) >= 11 is 1.29. The van der Waals surface area contributed by atoms with E-state index in [0.717, 1.165) is 16.8 Å². The number of nitrogens with one attached hydrogen (secondary N) is 1. The van der Waals surface area contributed by atoms with Crippen molar-refractivity contribution < 1.29 is 14.3 Å². The van der Waals surface area contributed by atoms with Crippen LogP contribution in [0.15, 0.2) is 58.4 Å². The number of amidine groups is 1. The van der Waals surface area contributed by atoms with Crippen LogP contribution in [-0.4, -0.2) is 23.6 Å². The second-order valence-corrected chi connectivity index (χ2v) is 6.67. The van der Waals surface area contributed by atoms with Crippen LogP contribution in [0.1, 0.15) is 11.1 Å². The summed E-state index contributed by atoms with van der Waals surface area (Å²) in [6, 6.07) is 14.8. The fourth-order valence-corrected chi connectivity index (χ4v) is 3.03. The first-order chi connectivity index (χ1) is 12.5. The highest BCUT2D eigenvalue weighted by molar-refractivity contribution is 8.18. The number of benzene rings is 2. The summed E-state index contributed by atoms with van der Waals surface area (Å²) in [6.45, 7) is 1.84. The van der Waals surface area contributed by atoms with Gasteiger partial charge in [0, 0.05) is 0 Å². The minimum Gasteiger partial charge on any atom is -0.484 e. The van der Waals surface area contributed by atoms with Crippen LogP contribution < -0.4 is 15.8 Å². The van der Waals surface area contributed by atoms with E-state index in [0.29, 0.717) is 15.8 Å². The second-order valence-electron chi connectivity index (χ2n) is 5.64. The molecule has 0 atom stereocenters. The van der Waals surface area contributed by atoms with E-state index in [1.54, 1.807) is 30.3 Å². The lowest BCUT2D eigenvalue weighted by atomic mass is 10.2. The highest BCUT2D eigenvalue weighted by atomic mass is 32.2. The van der Waals surface area contributed by atoms with Gasteiger partial charge in [0.1, 0.15) is 5.75 Å². The fraction of sp³-hybridized carbons (Fsp3) is 0.105. The average Bonchev–Trinajstić information content (AvgIpc) is 2.95. The van der Waals surface area contributed by atoms with Gasteiger partial charge in [-0.15, -0.1) is 0 Å². The van der Waals surface area contributed by atoms with Gasteiger partial charge in [-0.05, 0) is 54.6 Å². The molecule has 0 saturated carbocycles. The maximum absolute atomic E-state index is 12.1. The van der Waals surface area contributed by atoms with Gasteiger partial charge in [-0.3, -0.25) is 9.59 Å². The summed E-state index contributed by atoms with van der Waals surface area (Å²) < 4.78 is 5.21. The van der Waals surface area contributed by atoms with Gasteiger partial charge < -0.3 is 15.8 Å². The third-order valence-electron chi connectivity index (χ3n) is 3.47. The van der Waals surface area contributed by atoms with Gasteiger partial charge in [-0.25, -0.2) is 4.99 Å². The quantitative estimate of drug-likeness (QED) is 0.795. The number of amides is 2. The van der Waals surface area contributed by atoms with Gasteiger partial charge in [0.15, 0.2) is 11.8 Å². The Morgan fingerprint density at radius 2 is 1.88 bits per heavy atom. The third kappa shape index (κ3) is 4.73. The molecule has 0 unspecified atom stereocenters. The molecule has 2 aromatic rings. The molecule has 0 spiro atoms. The number of hydrogen-bond donors (Lipinski definition) is 2. The number of ether oxygens (including phenoxy) is 1. The molecule has 0 bridgehead atoms. The van der Waals surface area contributed by atoms with Gasteiger partial charge in [0.05, 0.1) is 10.6 Å². The minimum atomic E-state index is -0.532. The van der Waals surface area contributed by atoms with Crippen LogP contribution in [0, 0.1) is 6.92 Å². The molecule has 2 amide bonds. The van der Waals surface area contributed by atoms with E-state index in [1.165, 1.54) is 11.8 Å². The van der Waals surface area contributed by atoms with Crippen LogP contribution in [0.25, 0.3) is 6.08 Å². The molecule has 0 radical (unpaired) electrons. The van der Waals surface area contributed by atoms with Crippen LogP contribution >= 0.6 is 11.8 Å². The van der Waals surface area contributed by atoms with Crippen molar-refractivity contribution in [3.63, 3.8) is 0 Å². The number of nitrogens with zero attached hydrogens (tertiary/aromatic N) is 1. The Hall–Kier alpha value is -3.06. The normalized spacial score (nSPS) is 16.7. The molecular formula is C19H17N3O3S. The summed E-state index contributed by atoms with van der Waals surface area (Å²) in [7, 11) is 0. The van der Waals surface area contributed by atoms with E-state index in [4.69, 9.17) is 10.5 Å². The van der Waals surface area contributed by atoms with E-state index < -0.39 is 5.91 Å². The van der Waals surface area contributed by atoms with E-state index in [9.17, 15) is 9.59 Å². The molecule has 1 saturated heterocycles. The Bertz CT molecular complexity index is 887. The monoisotopic (exact) mass is 367 g/mol. The number of carbonyl (C=O) groups excluding carboxylic acids is 2. The van der Waals surface area contributed by atoms with Crippen molar-refractivity contribution in [1.29, 1.82) is 0 Å². The van der Waals surface area contributed by atoms with Crippen molar-refractivity contribution in [2.24, 2.45) is 10.7 Å². The van der Waals surface area contributed by atoms with Crippen LogP contribution in [0.2, 0.25) is 0 Å². The van der Waals surface area contributed by atoms with Crippen molar-refractivity contribution in [2.45, 2.75) is 6.92 Å². The lowest BCUT2D eigenvalue weighted by Gasteiger charge is -2.03. The van der Waals surface area contributed by atoms with E-state index in [2.05, 4.69) is 10.3 Å². The molecular weight excluding hydrogens is 350 g/mol. The van der Waals surface area contributed by atoms with Crippen LogP contribution in [0.4, 0.5) is 5.69 Å². The second kappa shape index (κ2) is 7.88. The lowest BCUT2D eigenvalue weighted by Crippen LogP contribution is -2.19. The number of nitrogens with two attached hydrogens (primary N) is 1. The standard InChI is InChI=1S/C19H17N3O3S/c1-12-2-6-14(7-3-12)21-19-22-18(24)16(26-19)10-13-4-8-15(9-5-13)25-11-17(20)23/h2-10H,11H2,1H3,(H2,20,23)(H,21,22,24)/b16-10-. The molecule has 0 aliphatic carbocycles. The minimum absolute atomic E-state index is 0.169. The number of hydrogen-bond acceptors (Lipinski definition) is 5. The van der Waals surface area contributed by atoms with E-state index in [1.807, 2.05) is 31.2 Å². The summed E-state index contributed by atoms with van der Waals surface area (Å²) in [5, 5.41) is 3.31. The fourth-order valence-electron chi connectivity index (χ4n) is 2.18. The van der Waals surface area contributed by atoms with Crippen molar-refractivity contribution in [2.75, 3.05) is 6.61 Å². The predicted molar refractivity (Wildman–Crippen MR) is 103 cm³/mol. The Labute approximate surface area is 155 Å². The van der Waals surface area contributed by atoms with E-state index in [-0.39, 0.29) is 12.5 Å². The zero-order valence-electron chi connectivity index (χ0n) is 14.1. The Kier molecular flexibility index (Phi) is 5.38. The summed E-state index contributed by atoms with van der Waals surface area (Å²) in [5.41, 5.74) is 7.82. The van der Waals surface area contributed by atoms with Crippen molar-refractivity contribution in [3.8, 4) is 5.75 Å². The molecule has 26 heavy (non-hydrogen) atoms. The molecule has 1 aliphatic rings. The van der Waals surface area contributed by atoms with Crippen LogP contribution in [0.3, 0.4) is 0 Å². The number of aryl methyl sites for hydroxylation is 1. The number of carbonyl (C=O) groups is 2. The molecule has 0 aromatic heterocycles. The predicted octanol–water partition coefficient (Wildman–Crippen LogP) is 2.75. The van der Waals surface area contributed by atoms with Crippen LogP contribution in [0.5, 0.6) is 5.75 Å². The highest BCUT2D eigenvalue weighted by Gasteiger charge is 2.23. The SMILES string of the molecule is Cc1ccc(N=C2NC(=O)/C(=C/c3ccc(OCC(N)=O)cc3)S2)cc1. The summed E-state index contributed by atoms with van der Waals surface area (Å²) in [4.78, 5) is 27.8. The first kappa shape index (κ1) is 17.8. The molecule has 3 rings (SSSR count). The van der Waals surface area contributed by atoms with Crippen molar-refractivity contribution in [1.82, 2.24) is 5.32 Å². The largest absolute Gasteiger partial charge is 0.484 e. The molecule has 2 aromatic carbocycles. The van der Waals surface area contributed by atoms with Crippen LogP contribution in [-0.2, 0) is 9.59 Å². The van der Waals surface area contributed by atoms with Gasteiger partial charge in [-0.1, -0.05) is 29.8 Å². The first-order valence-corrected chi connectivity index (χ1v) is 8.69. The zero-order chi connectivity index (χ0) is 18.5. The van der Waals surface area contributed by atoms with Gasteiger partial charge in [0.25, 0.3) is 11.8 Å². The van der Waals surface area contributed by atoms with Gasteiger partial charge >= 0.3 is 0 Å². The zero-order valence-corrected chi connectivity index (χ0v) is 14.9. The number of rotatable bonds is 5. The van der Waals surface area contributed by atoms with Crippen molar-refractivity contribution in [3.05, 3.63) is 64.6 Å². The molecule has 6 nitrogen and oxygen atoms in total. The highest BCUT2D eigenvalue weighted by Crippen LogP contribution is 2.28. The maximum Gasteiger partial charge on any atom is 0.264 e. The average molecular weight is 367 g/mol. The molecule has 7 heteroatoms. The maximum atomic E-state index is 12.1. The number of aliphatic imine (C=N–C) groups is 1. The van der Waals surface area contributed by atoms with Crippen molar-refractivity contribution >= 4 is 40.5 Å². The summed E-state index contributed by atoms with van der Waals surface area (Å²) in [5.74, 6) is -0.179. The lowest BCUT2D eigenvalue weighted by molar-refractivity contribution is -0.120. The molecule has 1 aliphatic heterocycles. The molecule has 132 valence electrons.